The lowest BCUT2D eigenvalue weighted by molar-refractivity contribution is 0.229. The minimum absolute atomic E-state index is 1.01. The topological polar surface area (TPSA) is 22.6 Å². The summed E-state index contributed by atoms with van der Waals surface area (Å²) in [6, 6.07) is 2.06. The molecule has 1 aromatic rings. The zero-order chi connectivity index (χ0) is 13.8. The Morgan fingerprint density at radius 2 is 1.89 bits per heavy atom. The fourth-order valence-electron chi connectivity index (χ4n) is 2.16. The Labute approximate surface area is 132 Å². The highest BCUT2D eigenvalue weighted by Gasteiger charge is 2.19. The number of aromatic nitrogens is 1. The fraction of sp³-hybridized carbons (Fsp3) is 0.615. The molecule has 0 atom stereocenters. The molecule has 2 heterocycles. The number of rotatable bonds is 4. The zero-order valence-electron chi connectivity index (χ0n) is 11.4. The van der Waals surface area contributed by atoms with E-state index in [0.29, 0.717) is 0 Å². The molecule has 0 bridgehead atoms. The van der Waals surface area contributed by atoms with Crippen LogP contribution in [0.4, 0.5) is 5.82 Å². The Hall–Kier alpha value is -0.170. The molecule has 1 aliphatic rings. The average molecular weight is 392 g/mol. The lowest BCUT2D eigenvalue weighted by Gasteiger charge is -2.36. The lowest BCUT2D eigenvalue weighted by Crippen LogP contribution is -2.48. The van der Waals surface area contributed by atoms with Gasteiger partial charge >= 0.3 is 0 Å². The minimum Gasteiger partial charge on any atom is -0.353 e. The van der Waals surface area contributed by atoms with Crippen molar-refractivity contribution in [1.29, 1.82) is 0 Å². The molecule has 4 nitrogen and oxygen atoms in total. The van der Waals surface area contributed by atoms with Crippen LogP contribution in [-0.4, -0.2) is 68.1 Å². The van der Waals surface area contributed by atoms with Crippen LogP contribution in [0.15, 0.2) is 21.2 Å². The molecule has 106 valence electrons. The first-order valence-electron chi connectivity index (χ1n) is 6.49. The number of piperazine rings is 1. The average Bonchev–Trinajstić information content (AvgIpc) is 2.37. The van der Waals surface area contributed by atoms with E-state index in [1.165, 1.54) is 0 Å². The van der Waals surface area contributed by atoms with Crippen molar-refractivity contribution in [3.63, 3.8) is 0 Å². The van der Waals surface area contributed by atoms with E-state index in [1.54, 1.807) is 0 Å². The largest absolute Gasteiger partial charge is 0.353 e. The first-order chi connectivity index (χ1) is 9.06. The number of halogens is 2. The maximum absolute atomic E-state index is 4.51. The third kappa shape index (κ3) is 4.41. The number of likely N-dealkylation sites (N-methyl/N-ethyl adjacent to an activating group) is 1. The summed E-state index contributed by atoms with van der Waals surface area (Å²) in [6.07, 6.45) is 1.86. The Kier molecular flexibility index (Phi) is 5.62. The van der Waals surface area contributed by atoms with Crippen LogP contribution >= 0.6 is 31.9 Å². The van der Waals surface area contributed by atoms with Crippen LogP contribution in [0, 0.1) is 0 Å². The second kappa shape index (κ2) is 7.02. The highest BCUT2D eigenvalue weighted by molar-refractivity contribution is 9.11. The highest BCUT2D eigenvalue weighted by atomic mass is 79.9. The van der Waals surface area contributed by atoms with E-state index in [0.717, 1.165) is 54.0 Å². The maximum Gasteiger partial charge on any atom is 0.143 e. The van der Waals surface area contributed by atoms with Gasteiger partial charge in [0.15, 0.2) is 0 Å². The molecule has 0 radical (unpaired) electrons. The summed E-state index contributed by atoms with van der Waals surface area (Å²) in [5, 5.41) is 0. The van der Waals surface area contributed by atoms with Gasteiger partial charge < -0.3 is 9.80 Å². The third-order valence-electron chi connectivity index (χ3n) is 3.32. The quantitative estimate of drug-likeness (QED) is 0.785. The van der Waals surface area contributed by atoms with Gasteiger partial charge in [-0.25, -0.2) is 4.98 Å². The van der Waals surface area contributed by atoms with Crippen molar-refractivity contribution >= 4 is 37.7 Å². The molecule has 0 unspecified atom stereocenters. The van der Waals surface area contributed by atoms with Crippen molar-refractivity contribution < 1.29 is 0 Å². The monoisotopic (exact) mass is 390 g/mol. The molecule has 0 saturated carbocycles. The molecule has 0 N–H and O–H groups in total. The van der Waals surface area contributed by atoms with Gasteiger partial charge in [0, 0.05) is 49.9 Å². The van der Waals surface area contributed by atoms with E-state index in [1.807, 2.05) is 6.20 Å². The van der Waals surface area contributed by atoms with Crippen molar-refractivity contribution in [2.24, 2.45) is 0 Å². The molecule has 0 aliphatic carbocycles. The second-order valence-corrected chi connectivity index (χ2v) is 6.86. The van der Waals surface area contributed by atoms with E-state index in [9.17, 15) is 0 Å². The van der Waals surface area contributed by atoms with E-state index in [4.69, 9.17) is 0 Å². The molecule has 1 saturated heterocycles. The third-order valence-corrected chi connectivity index (χ3v) is 4.34. The molecule has 6 heteroatoms. The van der Waals surface area contributed by atoms with Crippen molar-refractivity contribution in [2.45, 2.75) is 0 Å². The highest BCUT2D eigenvalue weighted by Crippen LogP contribution is 2.27. The summed E-state index contributed by atoms with van der Waals surface area (Å²) < 4.78 is 2.07. The van der Waals surface area contributed by atoms with Gasteiger partial charge in [0.2, 0.25) is 0 Å². The van der Waals surface area contributed by atoms with Gasteiger partial charge in [-0.05, 0) is 52.0 Å². The Morgan fingerprint density at radius 3 is 2.47 bits per heavy atom. The summed E-state index contributed by atoms with van der Waals surface area (Å²) in [5.41, 5.74) is 0. The van der Waals surface area contributed by atoms with Gasteiger partial charge in [-0.1, -0.05) is 0 Å². The van der Waals surface area contributed by atoms with Crippen molar-refractivity contribution in [1.82, 2.24) is 14.8 Å². The Morgan fingerprint density at radius 1 is 1.21 bits per heavy atom. The van der Waals surface area contributed by atoms with Gasteiger partial charge in [-0.2, -0.15) is 0 Å². The minimum atomic E-state index is 1.01. The van der Waals surface area contributed by atoms with Gasteiger partial charge in [0.25, 0.3) is 0 Å². The number of anilines is 1. The van der Waals surface area contributed by atoms with E-state index in [-0.39, 0.29) is 0 Å². The predicted octanol–water partition coefficient (Wildman–Crippen LogP) is 2.29. The lowest BCUT2D eigenvalue weighted by atomic mass is 10.3. The standard InChI is InChI=1S/C13H20Br2N4/c1-17(2)3-4-18-5-7-19(8-6-18)13-12(15)9-11(14)10-16-13/h9-10H,3-8H2,1-2H3. The number of pyridine rings is 1. The Bertz CT molecular complexity index is 417. The first kappa shape index (κ1) is 15.2. The van der Waals surface area contributed by atoms with Crippen LogP contribution in [0.3, 0.4) is 0 Å². The van der Waals surface area contributed by atoms with Gasteiger partial charge in [0.05, 0.1) is 4.47 Å². The molecule has 19 heavy (non-hydrogen) atoms. The number of nitrogens with zero attached hydrogens (tertiary/aromatic N) is 4. The molecule has 1 fully saturated rings. The van der Waals surface area contributed by atoms with Crippen molar-refractivity contribution in [3.8, 4) is 0 Å². The SMILES string of the molecule is CN(C)CCN1CCN(c2ncc(Br)cc2Br)CC1. The maximum atomic E-state index is 4.51. The van der Waals surface area contributed by atoms with Crippen LogP contribution < -0.4 is 4.90 Å². The smallest absolute Gasteiger partial charge is 0.143 e. The summed E-state index contributed by atoms with van der Waals surface area (Å²) in [6.45, 7) is 6.58. The number of hydrogen-bond acceptors (Lipinski definition) is 4. The van der Waals surface area contributed by atoms with Crippen LogP contribution in [-0.2, 0) is 0 Å². The van der Waals surface area contributed by atoms with Crippen LogP contribution in [0.5, 0.6) is 0 Å². The predicted molar refractivity (Wildman–Crippen MR) is 86.8 cm³/mol. The van der Waals surface area contributed by atoms with Crippen molar-refractivity contribution in [2.75, 3.05) is 58.3 Å². The number of hydrogen-bond donors (Lipinski definition) is 0. The Balaban J connectivity index is 1.89. The van der Waals surface area contributed by atoms with E-state index >= 15 is 0 Å². The van der Waals surface area contributed by atoms with E-state index in [2.05, 4.69) is 71.7 Å². The molecule has 1 aromatic heterocycles. The normalized spacial score (nSPS) is 17.2. The van der Waals surface area contributed by atoms with Gasteiger partial charge in [0.1, 0.15) is 5.82 Å². The summed E-state index contributed by atoms with van der Waals surface area (Å²) in [5.74, 6) is 1.05. The fourth-order valence-corrected chi connectivity index (χ4v) is 3.40. The molecule has 2 rings (SSSR count). The van der Waals surface area contributed by atoms with Gasteiger partial charge in [-0.3, -0.25) is 4.90 Å². The van der Waals surface area contributed by atoms with Crippen molar-refractivity contribution in [3.05, 3.63) is 21.2 Å². The van der Waals surface area contributed by atoms with Crippen LogP contribution in [0.25, 0.3) is 0 Å². The van der Waals surface area contributed by atoms with Crippen LogP contribution in [0.1, 0.15) is 0 Å². The summed E-state index contributed by atoms with van der Waals surface area (Å²) in [4.78, 5) is 11.6. The molecular formula is C13H20Br2N4. The summed E-state index contributed by atoms with van der Waals surface area (Å²) in [7, 11) is 4.25. The summed E-state index contributed by atoms with van der Waals surface area (Å²) >= 11 is 7.03. The molecule has 0 aromatic carbocycles. The second-order valence-electron chi connectivity index (χ2n) is 5.09. The molecule has 0 spiro atoms. The van der Waals surface area contributed by atoms with Gasteiger partial charge in [-0.15, -0.1) is 0 Å². The van der Waals surface area contributed by atoms with E-state index < -0.39 is 0 Å². The molecule has 0 amide bonds. The molecular weight excluding hydrogens is 372 g/mol. The molecule has 1 aliphatic heterocycles. The first-order valence-corrected chi connectivity index (χ1v) is 8.08. The van der Waals surface area contributed by atoms with Crippen LogP contribution in [0.2, 0.25) is 0 Å². The zero-order valence-corrected chi connectivity index (χ0v) is 14.6.